The number of aliphatic hydroxyl groups is 1. The quantitative estimate of drug-likeness (QED) is 0.680. The number of rotatable bonds is 6. The van der Waals surface area contributed by atoms with Crippen LogP contribution in [0.4, 0.5) is 0 Å². The summed E-state index contributed by atoms with van der Waals surface area (Å²) in [5.41, 5.74) is -0.115. The number of aliphatic carboxylic acids is 1. The molecule has 21 heavy (non-hydrogen) atoms. The maximum Gasteiger partial charge on any atom is 0.328 e. The minimum Gasteiger partial charge on any atom is -0.480 e. The number of nitrogens with one attached hydrogen (secondary N) is 1. The first-order chi connectivity index (χ1) is 9.74. The summed E-state index contributed by atoms with van der Waals surface area (Å²) < 4.78 is 5.30. The molecule has 0 aliphatic carbocycles. The zero-order valence-corrected chi connectivity index (χ0v) is 12.4. The van der Waals surface area contributed by atoms with Crippen molar-refractivity contribution in [3.05, 3.63) is 35.9 Å². The van der Waals surface area contributed by atoms with Crippen molar-refractivity contribution in [2.45, 2.75) is 38.5 Å². The van der Waals surface area contributed by atoms with E-state index >= 15 is 0 Å². The van der Waals surface area contributed by atoms with Crippen LogP contribution < -0.4 is 5.32 Å². The Morgan fingerprint density at radius 1 is 1.24 bits per heavy atom. The number of esters is 1. The molecule has 1 rings (SSSR count). The minimum atomic E-state index is -1.25. The fourth-order valence-corrected chi connectivity index (χ4v) is 1.71. The molecule has 0 amide bonds. The fraction of sp³-hybridized carbons (Fsp3) is 0.467. The highest BCUT2D eigenvalue weighted by Crippen LogP contribution is 2.19. The molecular weight excluding hydrogens is 274 g/mol. The number of hydrogen-bond acceptors (Lipinski definition) is 5. The molecule has 1 aromatic rings. The van der Waals surface area contributed by atoms with Crippen molar-refractivity contribution in [2.24, 2.45) is 0 Å². The zero-order chi connectivity index (χ0) is 16.0. The van der Waals surface area contributed by atoms with Gasteiger partial charge < -0.3 is 14.9 Å². The maximum absolute atomic E-state index is 12.3. The lowest BCUT2D eigenvalue weighted by atomic mass is 10.1. The van der Waals surface area contributed by atoms with Gasteiger partial charge in [0, 0.05) is 0 Å². The lowest BCUT2D eigenvalue weighted by molar-refractivity contribution is -0.158. The Balaban J connectivity index is 3.00. The molecule has 1 unspecified atom stereocenters. The molecule has 0 aliphatic heterocycles. The predicted molar refractivity (Wildman–Crippen MR) is 76.7 cm³/mol. The van der Waals surface area contributed by atoms with Gasteiger partial charge in [0.15, 0.2) is 0 Å². The van der Waals surface area contributed by atoms with Crippen LogP contribution >= 0.6 is 0 Å². The largest absolute Gasteiger partial charge is 0.480 e. The van der Waals surface area contributed by atoms with Gasteiger partial charge in [-0.05, 0) is 26.3 Å². The highest BCUT2D eigenvalue weighted by atomic mass is 16.6. The third-order valence-corrected chi connectivity index (χ3v) is 2.62. The SMILES string of the molecule is CC(C)(C)OC(=O)C(N[C@@H](CO)C(=O)O)c1ccccc1. The average molecular weight is 295 g/mol. The zero-order valence-electron chi connectivity index (χ0n) is 12.4. The topological polar surface area (TPSA) is 95.9 Å². The van der Waals surface area contributed by atoms with Crippen LogP contribution in [-0.4, -0.2) is 40.4 Å². The molecule has 3 N–H and O–H groups in total. The number of carboxylic acids is 1. The first-order valence-corrected chi connectivity index (χ1v) is 6.62. The van der Waals surface area contributed by atoms with Crippen LogP contribution in [0.25, 0.3) is 0 Å². The van der Waals surface area contributed by atoms with Crippen LogP contribution in [0.15, 0.2) is 30.3 Å². The minimum absolute atomic E-state index is 0.575. The summed E-state index contributed by atoms with van der Waals surface area (Å²) in [4.78, 5) is 23.3. The van der Waals surface area contributed by atoms with Crippen molar-refractivity contribution in [1.29, 1.82) is 0 Å². The van der Waals surface area contributed by atoms with Gasteiger partial charge in [-0.2, -0.15) is 0 Å². The van der Waals surface area contributed by atoms with Gasteiger partial charge >= 0.3 is 11.9 Å². The molecule has 0 radical (unpaired) electrons. The van der Waals surface area contributed by atoms with Crippen LogP contribution in [0.3, 0.4) is 0 Å². The van der Waals surface area contributed by atoms with Crippen LogP contribution in [0.2, 0.25) is 0 Å². The molecule has 0 saturated heterocycles. The molecule has 0 aliphatic rings. The summed E-state index contributed by atoms with van der Waals surface area (Å²) in [6.45, 7) is 4.57. The van der Waals surface area contributed by atoms with Crippen molar-refractivity contribution in [3.8, 4) is 0 Å². The number of carboxylic acid groups (broad SMARTS) is 1. The van der Waals surface area contributed by atoms with Gasteiger partial charge in [-0.15, -0.1) is 0 Å². The van der Waals surface area contributed by atoms with E-state index in [0.717, 1.165) is 0 Å². The molecular formula is C15H21NO5. The fourth-order valence-electron chi connectivity index (χ4n) is 1.71. The average Bonchev–Trinajstić information content (AvgIpc) is 2.38. The van der Waals surface area contributed by atoms with Gasteiger partial charge in [-0.1, -0.05) is 30.3 Å². The molecule has 0 bridgehead atoms. The number of carbonyl (C=O) groups is 2. The first kappa shape index (κ1) is 17.1. The Morgan fingerprint density at radius 3 is 2.24 bits per heavy atom. The van der Waals surface area contributed by atoms with Gasteiger partial charge in [0.1, 0.15) is 17.7 Å². The monoisotopic (exact) mass is 295 g/mol. The van der Waals surface area contributed by atoms with Crippen molar-refractivity contribution < 1.29 is 24.5 Å². The molecule has 0 fully saturated rings. The Bertz CT molecular complexity index is 481. The molecule has 116 valence electrons. The third-order valence-electron chi connectivity index (χ3n) is 2.62. The van der Waals surface area contributed by atoms with E-state index in [1.807, 2.05) is 0 Å². The smallest absolute Gasteiger partial charge is 0.328 e. The molecule has 0 aromatic heterocycles. The Labute approximate surface area is 123 Å². The summed E-state index contributed by atoms with van der Waals surface area (Å²) >= 11 is 0. The summed E-state index contributed by atoms with van der Waals surface area (Å²) in [5.74, 6) is -1.82. The number of carbonyl (C=O) groups excluding carboxylic acids is 1. The number of benzene rings is 1. The number of ether oxygens (including phenoxy) is 1. The molecule has 0 heterocycles. The van der Waals surface area contributed by atoms with Crippen molar-refractivity contribution in [3.63, 3.8) is 0 Å². The summed E-state index contributed by atoms with van der Waals surface area (Å²) in [5, 5.41) is 20.7. The van der Waals surface area contributed by atoms with Crippen molar-refractivity contribution in [1.82, 2.24) is 5.32 Å². The normalized spacial score (nSPS) is 14.3. The summed E-state index contributed by atoms with van der Waals surface area (Å²) in [6, 6.07) is 6.44. The second-order valence-corrected chi connectivity index (χ2v) is 5.62. The Morgan fingerprint density at radius 2 is 1.81 bits per heavy atom. The number of aliphatic hydroxyl groups excluding tert-OH is 1. The van der Waals surface area contributed by atoms with E-state index in [9.17, 15) is 9.59 Å². The van der Waals surface area contributed by atoms with E-state index in [1.54, 1.807) is 51.1 Å². The van der Waals surface area contributed by atoms with E-state index in [-0.39, 0.29) is 0 Å². The lowest BCUT2D eigenvalue weighted by Gasteiger charge is -2.26. The second kappa shape index (κ2) is 7.19. The van der Waals surface area contributed by atoms with Crippen LogP contribution in [0, 0.1) is 0 Å². The third kappa shape index (κ3) is 5.53. The molecule has 6 heteroatoms. The molecule has 1 aromatic carbocycles. The molecule has 2 atom stereocenters. The van der Waals surface area contributed by atoms with Gasteiger partial charge in [-0.3, -0.25) is 10.1 Å². The first-order valence-electron chi connectivity index (χ1n) is 6.62. The van der Waals surface area contributed by atoms with Gasteiger partial charge in [-0.25, -0.2) is 4.79 Å². The standard InChI is InChI=1S/C15H21NO5/c1-15(2,3)21-14(20)12(10-7-5-4-6-8-10)16-11(9-17)13(18)19/h4-8,11-12,16-17H,9H2,1-3H3,(H,18,19)/t11-,12?/m0/s1. The highest BCUT2D eigenvalue weighted by Gasteiger charge is 2.30. The van der Waals surface area contributed by atoms with E-state index in [1.165, 1.54) is 0 Å². The van der Waals surface area contributed by atoms with E-state index in [2.05, 4.69) is 5.32 Å². The lowest BCUT2D eigenvalue weighted by Crippen LogP contribution is -2.45. The summed E-state index contributed by atoms with van der Waals surface area (Å²) in [7, 11) is 0. The Hall–Kier alpha value is -1.92. The van der Waals surface area contributed by atoms with Crippen LogP contribution in [-0.2, 0) is 14.3 Å². The Kier molecular flexibility index (Phi) is 5.87. The van der Waals surface area contributed by atoms with Gasteiger partial charge in [0.2, 0.25) is 0 Å². The van der Waals surface area contributed by atoms with Gasteiger partial charge in [0.05, 0.1) is 6.61 Å². The summed E-state index contributed by atoms with van der Waals surface area (Å²) in [6.07, 6.45) is 0. The van der Waals surface area contributed by atoms with Crippen LogP contribution in [0.1, 0.15) is 32.4 Å². The maximum atomic E-state index is 12.3. The molecule has 6 nitrogen and oxygen atoms in total. The van der Waals surface area contributed by atoms with Crippen molar-refractivity contribution >= 4 is 11.9 Å². The predicted octanol–water partition coefficient (Wildman–Crippen LogP) is 1.10. The molecule has 0 saturated carbocycles. The van der Waals surface area contributed by atoms with E-state index < -0.39 is 36.2 Å². The highest BCUT2D eigenvalue weighted by molar-refractivity contribution is 5.80. The number of hydrogen-bond donors (Lipinski definition) is 3. The van der Waals surface area contributed by atoms with E-state index in [4.69, 9.17) is 14.9 Å². The second-order valence-electron chi connectivity index (χ2n) is 5.62. The molecule has 0 spiro atoms. The van der Waals surface area contributed by atoms with Crippen LogP contribution in [0.5, 0.6) is 0 Å². The van der Waals surface area contributed by atoms with Gasteiger partial charge in [0.25, 0.3) is 0 Å². The van der Waals surface area contributed by atoms with E-state index in [0.29, 0.717) is 5.56 Å². The van der Waals surface area contributed by atoms with Crippen molar-refractivity contribution in [2.75, 3.05) is 6.61 Å².